The summed E-state index contributed by atoms with van der Waals surface area (Å²) in [4.78, 5) is 24.8. The van der Waals surface area contributed by atoms with Crippen molar-refractivity contribution < 1.29 is 17.9 Å². The monoisotopic (exact) mass is 495 g/mol. The summed E-state index contributed by atoms with van der Waals surface area (Å²) in [5.74, 6) is -0.463. The maximum Gasteiger partial charge on any atom is 0.338 e. The van der Waals surface area contributed by atoms with Gasteiger partial charge in [-0.3, -0.25) is 9.52 Å². The van der Waals surface area contributed by atoms with E-state index in [0.29, 0.717) is 41.0 Å². The highest BCUT2D eigenvalue weighted by molar-refractivity contribution is 7.92. The van der Waals surface area contributed by atoms with Crippen LogP contribution in [0.2, 0.25) is 0 Å². The molecule has 1 N–H and O–H groups in total. The molecule has 0 atom stereocenters. The number of aromatic nitrogens is 2. The Morgan fingerprint density at radius 3 is 2.40 bits per heavy atom. The van der Waals surface area contributed by atoms with Crippen LogP contribution in [0.3, 0.4) is 0 Å². The highest BCUT2D eigenvalue weighted by Gasteiger charge is 2.23. The predicted octanol–water partition coefficient (Wildman–Crippen LogP) is 4.09. The third-order valence-electron chi connectivity index (χ3n) is 6.17. The minimum absolute atomic E-state index is 0.0566. The van der Waals surface area contributed by atoms with Gasteiger partial charge >= 0.3 is 5.97 Å². The van der Waals surface area contributed by atoms with Gasteiger partial charge in [-0.1, -0.05) is 12.1 Å². The van der Waals surface area contributed by atoms with Gasteiger partial charge in [0, 0.05) is 23.4 Å². The minimum Gasteiger partial charge on any atom is -0.462 e. The molecule has 2 aromatic carbocycles. The van der Waals surface area contributed by atoms with Crippen molar-refractivity contribution in [2.24, 2.45) is 0 Å². The third kappa shape index (κ3) is 5.00. The second-order valence-corrected chi connectivity index (χ2v) is 10.2. The molecule has 0 saturated carbocycles. The number of nitrogens with one attached hydrogen (secondary N) is 1. The van der Waals surface area contributed by atoms with Crippen LogP contribution in [0.1, 0.15) is 53.7 Å². The van der Waals surface area contributed by atoms with Crippen LogP contribution in [0.15, 0.2) is 52.2 Å². The molecule has 8 nitrogen and oxygen atoms in total. The van der Waals surface area contributed by atoms with E-state index < -0.39 is 16.0 Å². The lowest BCUT2D eigenvalue weighted by molar-refractivity contribution is 0.0526. The number of ether oxygens (including phenoxy) is 1. The molecule has 0 unspecified atom stereocenters. The van der Waals surface area contributed by atoms with Crippen LogP contribution in [0, 0.1) is 6.92 Å². The molecule has 1 aromatic heterocycles. The van der Waals surface area contributed by atoms with Crippen LogP contribution in [0.4, 0.5) is 5.69 Å². The molecule has 184 valence electrons. The van der Waals surface area contributed by atoms with Gasteiger partial charge in [0.25, 0.3) is 15.6 Å². The van der Waals surface area contributed by atoms with E-state index in [1.165, 1.54) is 28.9 Å². The molecule has 0 bridgehead atoms. The number of hydrogen-bond acceptors (Lipinski definition) is 6. The van der Waals surface area contributed by atoms with E-state index >= 15 is 0 Å². The van der Waals surface area contributed by atoms with Gasteiger partial charge in [0.1, 0.15) is 0 Å². The van der Waals surface area contributed by atoms with Crippen molar-refractivity contribution in [2.75, 3.05) is 11.3 Å². The summed E-state index contributed by atoms with van der Waals surface area (Å²) < 4.78 is 35.6. The number of aryl methyl sites for hydroxylation is 2. The molecular formula is C26H29N3O5S. The summed E-state index contributed by atoms with van der Waals surface area (Å²) >= 11 is 0. The fraction of sp³-hybridized carbons (Fsp3) is 0.346. The Kier molecular flexibility index (Phi) is 7.07. The summed E-state index contributed by atoms with van der Waals surface area (Å²) in [6, 6.07) is 11.3. The zero-order chi connectivity index (χ0) is 25.2. The number of fused-ring (bicyclic) bond motifs is 1. The Balaban J connectivity index is 1.71. The number of nitrogens with zero attached hydrogens (tertiary/aromatic N) is 2. The highest BCUT2D eigenvalue weighted by atomic mass is 32.2. The van der Waals surface area contributed by atoms with Crippen molar-refractivity contribution in [3.63, 3.8) is 0 Å². The topological polar surface area (TPSA) is 107 Å². The van der Waals surface area contributed by atoms with Crippen molar-refractivity contribution >= 4 is 21.7 Å². The number of rotatable bonds is 7. The number of benzene rings is 2. The summed E-state index contributed by atoms with van der Waals surface area (Å²) in [5.41, 5.74) is 4.23. The Hall–Kier alpha value is -3.46. The first kappa shape index (κ1) is 24.7. The van der Waals surface area contributed by atoms with E-state index in [4.69, 9.17) is 4.74 Å². The molecule has 0 amide bonds. The standard InChI is InChI=1S/C26H29N3O5S/c1-4-29-25(30)22-9-7-6-8-21(22)24(27-29)19-11-10-17(3)23(16-19)35(32,33)28-20-14-12-18(13-15-20)26(31)34-5-2/h10-16,28H,4-9H2,1-3H3. The van der Waals surface area contributed by atoms with Crippen LogP contribution in [-0.2, 0) is 34.1 Å². The number of hydrogen-bond donors (Lipinski definition) is 1. The smallest absolute Gasteiger partial charge is 0.338 e. The van der Waals surface area contributed by atoms with Crippen LogP contribution >= 0.6 is 0 Å². The molecule has 1 heterocycles. The van der Waals surface area contributed by atoms with Crippen LogP contribution in [-0.4, -0.2) is 30.8 Å². The summed E-state index contributed by atoms with van der Waals surface area (Å²) in [6.07, 6.45) is 3.39. The average molecular weight is 496 g/mol. The zero-order valence-electron chi connectivity index (χ0n) is 20.1. The van der Waals surface area contributed by atoms with E-state index in [1.54, 1.807) is 26.0 Å². The van der Waals surface area contributed by atoms with Crippen LogP contribution < -0.4 is 10.3 Å². The lowest BCUT2D eigenvalue weighted by atomic mass is 9.89. The maximum atomic E-state index is 13.3. The van der Waals surface area contributed by atoms with Crippen molar-refractivity contribution in [1.29, 1.82) is 0 Å². The van der Waals surface area contributed by atoms with Gasteiger partial charge in [-0.2, -0.15) is 5.10 Å². The molecule has 4 rings (SSSR count). The first-order valence-electron chi connectivity index (χ1n) is 11.8. The summed E-state index contributed by atoms with van der Waals surface area (Å²) in [6.45, 7) is 6.03. The van der Waals surface area contributed by atoms with Crippen molar-refractivity contribution in [1.82, 2.24) is 9.78 Å². The van der Waals surface area contributed by atoms with Crippen molar-refractivity contribution in [3.05, 3.63) is 75.1 Å². The Morgan fingerprint density at radius 2 is 1.74 bits per heavy atom. The van der Waals surface area contributed by atoms with Gasteiger partial charge in [-0.05, 0) is 87.9 Å². The fourth-order valence-electron chi connectivity index (χ4n) is 4.37. The molecule has 1 aliphatic rings. The molecule has 1 aliphatic carbocycles. The highest BCUT2D eigenvalue weighted by Crippen LogP contribution is 2.31. The average Bonchev–Trinajstić information content (AvgIpc) is 2.85. The minimum atomic E-state index is -3.93. The van der Waals surface area contributed by atoms with Gasteiger partial charge in [0.2, 0.25) is 0 Å². The first-order valence-corrected chi connectivity index (χ1v) is 13.3. The Labute approximate surface area is 205 Å². The van der Waals surface area contributed by atoms with Crippen molar-refractivity contribution in [2.45, 2.75) is 57.9 Å². The molecule has 0 radical (unpaired) electrons. The summed E-state index contributed by atoms with van der Waals surface area (Å²) in [5, 5.41) is 4.60. The van der Waals surface area contributed by atoms with Crippen LogP contribution in [0.25, 0.3) is 11.3 Å². The molecule has 0 spiro atoms. The molecular weight excluding hydrogens is 466 g/mol. The maximum absolute atomic E-state index is 13.3. The number of sulfonamides is 1. The molecule has 35 heavy (non-hydrogen) atoms. The second kappa shape index (κ2) is 10.0. The largest absolute Gasteiger partial charge is 0.462 e. The van der Waals surface area contributed by atoms with E-state index in [2.05, 4.69) is 9.82 Å². The van der Waals surface area contributed by atoms with Crippen LogP contribution in [0.5, 0.6) is 0 Å². The molecule has 9 heteroatoms. The number of anilines is 1. The van der Waals surface area contributed by atoms with Gasteiger partial charge in [-0.15, -0.1) is 0 Å². The van der Waals surface area contributed by atoms with Crippen molar-refractivity contribution in [3.8, 4) is 11.3 Å². The zero-order valence-corrected chi connectivity index (χ0v) is 20.9. The van der Waals surface area contributed by atoms with E-state index in [9.17, 15) is 18.0 Å². The number of esters is 1. The van der Waals surface area contributed by atoms with Gasteiger partial charge < -0.3 is 4.74 Å². The quantitative estimate of drug-likeness (QED) is 0.495. The molecule has 0 aliphatic heterocycles. The molecule has 0 saturated heterocycles. The fourth-order valence-corrected chi connectivity index (χ4v) is 5.70. The Morgan fingerprint density at radius 1 is 1.06 bits per heavy atom. The SMILES string of the molecule is CCOC(=O)c1ccc(NS(=O)(=O)c2cc(-c3nn(CC)c(=O)c4c3CCCC4)ccc2C)cc1. The van der Waals surface area contributed by atoms with Gasteiger partial charge in [0.05, 0.1) is 22.8 Å². The molecule has 3 aromatic rings. The second-order valence-electron chi connectivity index (χ2n) is 8.52. The lowest BCUT2D eigenvalue weighted by Gasteiger charge is -2.20. The van der Waals surface area contributed by atoms with Gasteiger partial charge in [0.15, 0.2) is 0 Å². The molecule has 0 fully saturated rings. The summed E-state index contributed by atoms with van der Waals surface area (Å²) in [7, 11) is -3.93. The predicted molar refractivity (Wildman–Crippen MR) is 134 cm³/mol. The van der Waals surface area contributed by atoms with E-state index in [0.717, 1.165) is 30.4 Å². The Bertz CT molecular complexity index is 1430. The normalized spacial score (nSPS) is 13.2. The third-order valence-corrected chi connectivity index (χ3v) is 7.69. The number of carbonyl (C=O) groups excluding carboxylic acids is 1. The van der Waals surface area contributed by atoms with Gasteiger partial charge in [-0.25, -0.2) is 17.9 Å². The van der Waals surface area contributed by atoms with E-state index in [1.807, 2.05) is 13.0 Å². The van der Waals surface area contributed by atoms with E-state index in [-0.39, 0.29) is 17.1 Å². The first-order chi connectivity index (χ1) is 16.7. The number of carbonyl (C=O) groups is 1. The lowest BCUT2D eigenvalue weighted by Crippen LogP contribution is -2.30.